The van der Waals surface area contributed by atoms with E-state index in [0.717, 1.165) is 0 Å². The Morgan fingerprint density at radius 2 is 0.571 bits per heavy atom. The molecule has 1 fully saturated rings. The van der Waals surface area contributed by atoms with E-state index in [1.54, 1.807) is 0 Å². The van der Waals surface area contributed by atoms with Crippen molar-refractivity contribution in [3.05, 3.63) is 0 Å². The summed E-state index contributed by atoms with van der Waals surface area (Å²) >= 11 is 0. The molecule has 1 rings (SSSR count). The summed E-state index contributed by atoms with van der Waals surface area (Å²) in [7, 11) is 0. The van der Waals surface area contributed by atoms with Gasteiger partial charge in [-0.2, -0.15) is 0 Å². The van der Waals surface area contributed by atoms with Crippen LogP contribution in [-0.2, 0) is 0 Å². The average Bonchev–Trinajstić information content (AvgIpc) is 1.72. The second-order valence-electron chi connectivity index (χ2n) is 2.12. The Hall–Kier alpha value is 0.169. The standard InChI is InChI=1S/C6H12.Be.2H/c1-2-4-6-5-3-1;;;/h1-6H2;;;. The Morgan fingerprint density at radius 3 is 0.714 bits per heavy atom. The molecule has 0 unspecified atom stereocenters. The summed E-state index contributed by atoms with van der Waals surface area (Å²) in [6.07, 6.45) is 9.00. The van der Waals surface area contributed by atoms with E-state index in [9.17, 15) is 0 Å². The maximum atomic E-state index is 1.50. The van der Waals surface area contributed by atoms with E-state index in [0.29, 0.717) is 0 Å². The number of hydrogen-bond donors (Lipinski definition) is 0. The molecule has 7 heavy (non-hydrogen) atoms. The Balaban J connectivity index is 0.000000360. The summed E-state index contributed by atoms with van der Waals surface area (Å²) in [6, 6.07) is 0. The van der Waals surface area contributed by atoms with Crippen molar-refractivity contribution in [3.63, 3.8) is 0 Å². The molecular weight excluding hydrogens is 81.1 g/mol. The van der Waals surface area contributed by atoms with E-state index in [-0.39, 0.29) is 10.1 Å². The van der Waals surface area contributed by atoms with Gasteiger partial charge in [0.05, 0.1) is 0 Å². The SMILES string of the molecule is C1CCCCC1.[BeH2]. The van der Waals surface area contributed by atoms with Crippen LogP contribution in [0.4, 0.5) is 0 Å². The van der Waals surface area contributed by atoms with Crippen molar-refractivity contribution in [1.29, 1.82) is 0 Å². The number of rotatable bonds is 0. The van der Waals surface area contributed by atoms with E-state index in [2.05, 4.69) is 0 Å². The Morgan fingerprint density at radius 1 is 0.429 bits per heavy atom. The van der Waals surface area contributed by atoms with Crippen molar-refractivity contribution >= 4 is 10.1 Å². The molecule has 0 bridgehead atoms. The normalized spacial score (nSPS) is 20.6. The quantitative estimate of drug-likeness (QED) is 0.399. The molecule has 0 saturated heterocycles. The van der Waals surface area contributed by atoms with Gasteiger partial charge in [-0.15, -0.1) is 0 Å². The van der Waals surface area contributed by atoms with Crippen molar-refractivity contribution in [2.45, 2.75) is 38.5 Å². The fourth-order valence-corrected chi connectivity index (χ4v) is 1.06. The minimum atomic E-state index is 0. The van der Waals surface area contributed by atoms with E-state index in [1.165, 1.54) is 38.5 Å². The van der Waals surface area contributed by atoms with Gasteiger partial charge in [0.2, 0.25) is 0 Å². The Bertz CT molecular complexity index is 19.7. The van der Waals surface area contributed by atoms with Gasteiger partial charge in [0, 0.05) is 0 Å². The first-order valence-electron chi connectivity index (χ1n) is 3.00. The summed E-state index contributed by atoms with van der Waals surface area (Å²) in [5.74, 6) is 0. The number of hydrogen-bond acceptors (Lipinski definition) is 0. The van der Waals surface area contributed by atoms with Crippen molar-refractivity contribution in [2.24, 2.45) is 0 Å². The third kappa shape index (κ3) is 2.82. The third-order valence-corrected chi connectivity index (χ3v) is 1.50. The van der Waals surface area contributed by atoms with E-state index >= 15 is 0 Å². The average molecular weight is 95.2 g/mol. The second kappa shape index (κ2) is 4.33. The fourth-order valence-electron chi connectivity index (χ4n) is 1.06. The monoisotopic (exact) mass is 95.1 g/mol. The molecule has 0 aromatic carbocycles. The second-order valence-corrected chi connectivity index (χ2v) is 2.12. The van der Waals surface area contributed by atoms with Crippen molar-refractivity contribution in [1.82, 2.24) is 0 Å². The van der Waals surface area contributed by atoms with Crippen molar-refractivity contribution in [2.75, 3.05) is 0 Å². The molecule has 0 amide bonds. The van der Waals surface area contributed by atoms with Gasteiger partial charge in [0.25, 0.3) is 0 Å². The van der Waals surface area contributed by atoms with Crippen molar-refractivity contribution < 1.29 is 0 Å². The van der Waals surface area contributed by atoms with Gasteiger partial charge in [-0.25, -0.2) is 0 Å². The van der Waals surface area contributed by atoms with Crippen LogP contribution in [0.5, 0.6) is 0 Å². The van der Waals surface area contributed by atoms with Crippen molar-refractivity contribution in [3.8, 4) is 0 Å². The van der Waals surface area contributed by atoms with Gasteiger partial charge < -0.3 is 0 Å². The van der Waals surface area contributed by atoms with Crippen LogP contribution in [0.1, 0.15) is 38.5 Å². The molecular formula is C6H14Be. The molecule has 0 aromatic rings. The van der Waals surface area contributed by atoms with Gasteiger partial charge in [-0.1, -0.05) is 38.5 Å². The first-order chi connectivity index (χ1) is 3.00. The van der Waals surface area contributed by atoms with Gasteiger partial charge in [-0.05, 0) is 0 Å². The first kappa shape index (κ1) is 7.17. The summed E-state index contributed by atoms with van der Waals surface area (Å²) in [5, 5.41) is 0. The molecule has 0 N–H and O–H groups in total. The molecule has 0 nitrogen and oxygen atoms in total. The molecule has 0 aliphatic heterocycles. The Kier molecular flexibility index (Phi) is 4.44. The molecule has 0 heterocycles. The Labute approximate surface area is 49.5 Å². The predicted molar refractivity (Wildman–Crippen MR) is 36.2 cm³/mol. The maximum absolute atomic E-state index is 1.50. The zero-order valence-corrected chi connectivity index (χ0v) is 4.24. The topological polar surface area (TPSA) is 0 Å². The van der Waals surface area contributed by atoms with E-state index in [4.69, 9.17) is 0 Å². The molecule has 1 saturated carbocycles. The van der Waals surface area contributed by atoms with Gasteiger partial charge in [-0.3, -0.25) is 0 Å². The molecule has 1 aliphatic rings. The molecule has 0 spiro atoms. The van der Waals surface area contributed by atoms with Crippen LogP contribution in [0, 0.1) is 0 Å². The van der Waals surface area contributed by atoms with E-state index in [1.807, 2.05) is 0 Å². The van der Waals surface area contributed by atoms with Crippen LogP contribution >= 0.6 is 0 Å². The van der Waals surface area contributed by atoms with Crippen LogP contribution in [-0.4, -0.2) is 10.1 Å². The van der Waals surface area contributed by atoms with Gasteiger partial charge >= 0.3 is 10.1 Å². The summed E-state index contributed by atoms with van der Waals surface area (Å²) in [6.45, 7) is 0. The molecule has 40 valence electrons. The van der Waals surface area contributed by atoms with Crippen LogP contribution in [0.2, 0.25) is 0 Å². The van der Waals surface area contributed by atoms with Gasteiger partial charge in [0.1, 0.15) is 0 Å². The van der Waals surface area contributed by atoms with Crippen LogP contribution in [0.25, 0.3) is 0 Å². The zero-order valence-electron chi connectivity index (χ0n) is 4.24. The molecule has 0 aromatic heterocycles. The third-order valence-electron chi connectivity index (χ3n) is 1.50. The molecule has 0 radical (unpaired) electrons. The summed E-state index contributed by atoms with van der Waals surface area (Å²) in [5.41, 5.74) is 0. The first-order valence-corrected chi connectivity index (χ1v) is 3.00. The molecule has 1 aliphatic carbocycles. The summed E-state index contributed by atoms with van der Waals surface area (Å²) in [4.78, 5) is 0. The van der Waals surface area contributed by atoms with Crippen LogP contribution in [0.3, 0.4) is 0 Å². The van der Waals surface area contributed by atoms with Crippen LogP contribution in [0.15, 0.2) is 0 Å². The fraction of sp³-hybridized carbons (Fsp3) is 1.00. The summed E-state index contributed by atoms with van der Waals surface area (Å²) < 4.78 is 0. The minimum absolute atomic E-state index is 0. The predicted octanol–water partition coefficient (Wildman–Crippen LogP) is 1.42. The molecule has 1 heteroatoms. The van der Waals surface area contributed by atoms with Gasteiger partial charge in [0.15, 0.2) is 0 Å². The zero-order chi connectivity index (χ0) is 4.24. The van der Waals surface area contributed by atoms with Crippen LogP contribution < -0.4 is 0 Å². The molecule has 0 atom stereocenters. The van der Waals surface area contributed by atoms with E-state index < -0.39 is 0 Å².